The van der Waals surface area contributed by atoms with Crippen LogP contribution in [0.25, 0.3) is 10.9 Å². The second kappa shape index (κ2) is 4.33. The average molecular weight is 240 g/mol. The highest BCUT2D eigenvalue weighted by Gasteiger charge is 2.04. The standard InChI is InChI=1S/C12H12N6/c13-11-8(6-17-18-11)5-14-12-9-3-1-2-4-10(9)15-7-16-12/h1-4,6-7H,5H2,(H3,13,17,18)(H,14,15,16). The van der Waals surface area contributed by atoms with Gasteiger partial charge in [-0.3, -0.25) is 5.10 Å². The lowest BCUT2D eigenvalue weighted by atomic mass is 10.2. The third-order valence-corrected chi connectivity index (χ3v) is 2.74. The van der Waals surface area contributed by atoms with Gasteiger partial charge in [-0.1, -0.05) is 12.1 Å². The van der Waals surface area contributed by atoms with Crippen molar-refractivity contribution >= 4 is 22.5 Å². The maximum Gasteiger partial charge on any atom is 0.137 e. The minimum Gasteiger partial charge on any atom is -0.384 e. The molecule has 3 aromatic rings. The fourth-order valence-electron chi connectivity index (χ4n) is 1.79. The Bertz CT molecular complexity index is 670. The molecule has 0 bridgehead atoms. The molecule has 6 nitrogen and oxygen atoms in total. The van der Waals surface area contributed by atoms with Crippen LogP contribution in [0.1, 0.15) is 5.56 Å². The number of nitrogens with zero attached hydrogens (tertiary/aromatic N) is 3. The molecule has 0 saturated carbocycles. The summed E-state index contributed by atoms with van der Waals surface area (Å²) in [4.78, 5) is 8.45. The van der Waals surface area contributed by atoms with E-state index in [0.29, 0.717) is 12.4 Å². The summed E-state index contributed by atoms with van der Waals surface area (Å²) in [6, 6.07) is 7.85. The Morgan fingerprint density at radius 1 is 1.22 bits per heavy atom. The van der Waals surface area contributed by atoms with E-state index in [4.69, 9.17) is 5.73 Å². The van der Waals surface area contributed by atoms with Crippen molar-refractivity contribution in [2.45, 2.75) is 6.54 Å². The van der Waals surface area contributed by atoms with Crippen LogP contribution in [0.3, 0.4) is 0 Å². The number of fused-ring (bicyclic) bond motifs is 1. The minimum absolute atomic E-state index is 0.570. The summed E-state index contributed by atoms with van der Waals surface area (Å²) < 4.78 is 0. The molecule has 1 aromatic carbocycles. The molecule has 0 aliphatic rings. The topological polar surface area (TPSA) is 92.5 Å². The number of nitrogens with two attached hydrogens (primary N) is 1. The van der Waals surface area contributed by atoms with Gasteiger partial charge in [0.25, 0.3) is 0 Å². The Kier molecular flexibility index (Phi) is 2.53. The van der Waals surface area contributed by atoms with Gasteiger partial charge in [0.05, 0.1) is 11.7 Å². The van der Waals surface area contributed by atoms with Gasteiger partial charge in [-0.2, -0.15) is 5.10 Å². The number of benzene rings is 1. The normalized spacial score (nSPS) is 10.7. The predicted molar refractivity (Wildman–Crippen MR) is 69.9 cm³/mol. The van der Waals surface area contributed by atoms with Crippen molar-refractivity contribution in [1.82, 2.24) is 20.2 Å². The first-order valence-corrected chi connectivity index (χ1v) is 5.56. The summed E-state index contributed by atoms with van der Waals surface area (Å²) in [5.74, 6) is 1.36. The van der Waals surface area contributed by atoms with Crippen LogP contribution in [-0.4, -0.2) is 20.2 Å². The van der Waals surface area contributed by atoms with E-state index in [0.717, 1.165) is 22.3 Å². The molecule has 0 fully saturated rings. The van der Waals surface area contributed by atoms with E-state index in [1.807, 2.05) is 24.3 Å². The number of hydrogen-bond acceptors (Lipinski definition) is 5. The molecule has 0 unspecified atom stereocenters. The van der Waals surface area contributed by atoms with Gasteiger partial charge in [0.2, 0.25) is 0 Å². The van der Waals surface area contributed by atoms with Gasteiger partial charge in [-0.05, 0) is 12.1 Å². The number of nitrogens with one attached hydrogen (secondary N) is 2. The number of rotatable bonds is 3. The molecule has 90 valence electrons. The molecule has 0 radical (unpaired) electrons. The molecular formula is C12H12N6. The van der Waals surface area contributed by atoms with Gasteiger partial charge in [0.1, 0.15) is 18.0 Å². The summed E-state index contributed by atoms with van der Waals surface area (Å²) in [7, 11) is 0. The molecule has 4 N–H and O–H groups in total. The van der Waals surface area contributed by atoms with Crippen molar-refractivity contribution < 1.29 is 0 Å². The Balaban J connectivity index is 1.89. The third kappa shape index (κ3) is 1.84. The second-order valence-corrected chi connectivity index (χ2v) is 3.90. The quantitative estimate of drug-likeness (QED) is 0.646. The molecule has 0 spiro atoms. The molecular weight excluding hydrogens is 228 g/mol. The summed E-state index contributed by atoms with van der Waals surface area (Å²) in [6.07, 6.45) is 3.25. The van der Waals surface area contributed by atoms with Crippen molar-refractivity contribution in [1.29, 1.82) is 0 Å². The maximum atomic E-state index is 5.73. The average Bonchev–Trinajstić information content (AvgIpc) is 2.82. The number of H-pyrrole nitrogens is 1. The number of nitrogen functional groups attached to an aromatic ring is 1. The molecule has 0 aliphatic heterocycles. The van der Waals surface area contributed by atoms with Crippen LogP contribution in [0.5, 0.6) is 0 Å². The number of aromatic nitrogens is 4. The number of hydrogen-bond donors (Lipinski definition) is 3. The van der Waals surface area contributed by atoms with Crippen LogP contribution < -0.4 is 11.1 Å². The largest absolute Gasteiger partial charge is 0.384 e. The molecule has 6 heteroatoms. The third-order valence-electron chi connectivity index (χ3n) is 2.74. The summed E-state index contributed by atoms with van der Waals surface area (Å²) in [5.41, 5.74) is 7.55. The fourth-order valence-corrected chi connectivity index (χ4v) is 1.79. The minimum atomic E-state index is 0.570. The van der Waals surface area contributed by atoms with Gasteiger partial charge in [-0.15, -0.1) is 0 Å². The van der Waals surface area contributed by atoms with E-state index in [-0.39, 0.29) is 0 Å². The van der Waals surface area contributed by atoms with E-state index in [1.54, 1.807) is 12.5 Å². The van der Waals surface area contributed by atoms with E-state index in [9.17, 15) is 0 Å². The molecule has 2 aromatic heterocycles. The van der Waals surface area contributed by atoms with Crippen molar-refractivity contribution in [3.05, 3.63) is 42.4 Å². The number of para-hydroxylation sites is 1. The highest BCUT2D eigenvalue weighted by molar-refractivity contribution is 5.88. The molecule has 3 rings (SSSR count). The Hall–Kier alpha value is -2.63. The smallest absolute Gasteiger partial charge is 0.137 e. The molecule has 0 saturated heterocycles. The molecule has 0 aliphatic carbocycles. The van der Waals surface area contributed by atoms with E-state index in [1.165, 1.54) is 0 Å². The highest BCUT2D eigenvalue weighted by Crippen LogP contribution is 2.19. The lowest BCUT2D eigenvalue weighted by Gasteiger charge is -2.07. The van der Waals surface area contributed by atoms with Gasteiger partial charge < -0.3 is 11.1 Å². The zero-order valence-corrected chi connectivity index (χ0v) is 9.59. The highest BCUT2D eigenvalue weighted by atomic mass is 15.1. The van der Waals surface area contributed by atoms with Crippen LogP contribution in [-0.2, 0) is 6.54 Å². The van der Waals surface area contributed by atoms with Gasteiger partial charge >= 0.3 is 0 Å². The first-order valence-electron chi connectivity index (χ1n) is 5.56. The predicted octanol–water partition coefficient (Wildman–Crippen LogP) is 1.55. The molecule has 0 amide bonds. The lowest BCUT2D eigenvalue weighted by molar-refractivity contribution is 1.10. The van der Waals surface area contributed by atoms with Crippen LogP contribution >= 0.6 is 0 Å². The van der Waals surface area contributed by atoms with Crippen molar-refractivity contribution in [2.75, 3.05) is 11.1 Å². The molecule has 0 atom stereocenters. The molecule has 2 heterocycles. The Morgan fingerprint density at radius 2 is 2.11 bits per heavy atom. The van der Waals surface area contributed by atoms with Crippen molar-refractivity contribution in [3.8, 4) is 0 Å². The SMILES string of the molecule is Nc1[nH]ncc1CNc1ncnc2ccccc12. The van der Waals surface area contributed by atoms with E-state index >= 15 is 0 Å². The van der Waals surface area contributed by atoms with Gasteiger partial charge in [0, 0.05) is 17.5 Å². The number of anilines is 2. The van der Waals surface area contributed by atoms with E-state index in [2.05, 4.69) is 25.5 Å². The lowest BCUT2D eigenvalue weighted by Crippen LogP contribution is -2.03. The summed E-state index contributed by atoms with van der Waals surface area (Å²) >= 11 is 0. The zero-order valence-electron chi connectivity index (χ0n) is 9.59. The summed E-state index contributed by atoms with van der Waals surface area (Å²) in [5, 5.41) is 10.8. The summed E-state index contributed by atoms with van der Waals surface area (Å²) in [6.45, 7) is 0.573. The monoisotopic (exact) mass is 240 g/mol. The Labute approximate surface area is 103 Å². The van der Waals surface area contributed by atoms with Crippen LogP contribution in [0.15, 0.2) is 36.8 Å². The fraction of sp³-hybridized carbons (Fsp3) is 0.0833. The first-order chi connectivity index (χ1) is 8.84. The van der Waals surface area contributed by atoms with E-state index < -0.39 is 0 Å². The molecule has 18 heavy (non-hydrogen) atoms. The maximum absolute atomic E-state index is 5.73. The zero-order chi connectivity index (χ0) is 12.4. The van der Waals surface area contributed by atoms with Crippen LogP contribution in [0.2, 0.25) is 0 Å². The van der Waals surface area contributed by atoms with Crippen LogP contribution in [0, 0.1) is 0 Å². The first kappa shape index (κ1) is 10.5. The Morgan fingerprint density at radius 3 is 2.94 bits per heavy atom. The van der Waals surface area contributed by atoms with Gasteiger partial charge in [0.15, 0.2) is 0 Å². The van der Waals surface area contributed by atoms with Crippen molar-refractivity contribution in [3.63, 3.8) is 0 Å². The number of aromatic amines is 1. The second-order valence-electron chi connectivity index (χ2n) is 3.90. The van der Waals surface area contributed by atoms with Crippen LogP contribution in [0.4, 0.5) is 11.6 Å². The van der Waals surface area contributed by atoms with Gasteiger partial charge in [-0.25, -0.2) is 9.97 Å². The van der Waals surface area contributed by atoms with Crippen molar-refractivity contribution in [2.24, 2.45) is 0 Å².